The summed E-state index contributed by atoms with van der Waals surface area (Å²) < 4.78 is 0. The van der Waals surface area contributed by atoms with Gasteiger partial charge < -0.3 is 53.9 Å². The highest BCUT2D eigenvalue weighted by Gasteiger charge is 2.09. The average molecular weight is 1150 g/mol. The highest BCUT2D eigenvalue weighted by Crippen LogP contribution is 2.13. The van der Waals surface area contributed by atoms with Gasteiger partial charge in [0.2, 0.25) is 0 Å². The Bertz CT molecular complexity index is 1520. The Morgan fingerprint density at radius 3 is 0.840 bits per heavy atom. The first-order valence-electron chi connectivity index (χ1n) is 31.6. The molecule has 0 radical (unpaired) electrons. The molecule has 0 aromatic rings. The standard InChI is InChI=1S/3C9H17N.2C8H18N2.2C8H15N.C7H16N2.4CH4/c1-9-5-3-7-10(2)8-4-6-9;2*1-9-5-3-4-7-10(2)8-6-9;1-9-5-3-7-10(2)8-4-6-9;1-9-5-3-4-6-10(2)8-7-9;2*1-8-4-3-6-9(2)7-5-8;1-8-4-3-5-9(2)7-6-8;;;;/h5H,3-4,6-8H2,1-2H3;6H,3-5,7-8H2,1-2H3;5H,3-4,6-8H2,1-2H3;2*3-8H2,1-2H3;5H,3-4,6-7H2,1-2H3;4H,3,5-7H2,1-2H3;3-7H2,1-2H3;4*1H4/b9-5-;9-6-;9-5-;;;;;;;;;. The topological polar surface area (TPSA) is 35.6 Å². The maximum atomic E-state index is 2.42. The number of hydrogen-bond acceptors (Lipinski definition) is 11. The summed E-state index contributed by atoms with van der Waals surface area (Å²) in [6.45, 7) is 38.6. The van der Waals surface area contributed by atoms with Crippen molar-refractivity contribution >= 4 is 0 Å². The van der Waals surface area contributed by atoms with Crippen molar-refractivity contribution in [3.8, 4) is 0 Å². The predicted octanol–water partition coefficient (Wildman–Crippen LogP) is 13.5. The number of hydrogen-bond donors (Lipinski definition) is 0. The minimum atomic E-state index is 0. The summed E-state index contributed by atoms with van der Waals surface area (Å²) in [6.07, 6.45) is 35.4. The molecule has 8 aliphatic heterocycles. The van der Waals surface area contributed by atoms with E-state index in [0.717, 1.165) is 13.1 Å². The normalized spacial score (nSPS) is 24.9. The molecule has 81 heavy (non-hydrogen) atoms. The van der Waals surface area contributed by atoms with E-state index in [-0.39, 0.29) is 29.7 Å². The van der Waals surface area contributed by atoms with E-state index in [4.69, 9.17) is 0 Å². The summed E-state index contributed by atoms with van der Waals surface area (Å²) in [5.74, 6) is 0. The van der Waals surface area contributed by atoms with Gasteiger partial charge in [0, 0.05) is 65.4 Å². The quantitative estimate of drug-likeness (QED) is 0.218. The van der Waals surface area contributed by atoms with E-state index < -0.39 is 0 Å². The Labute approximate surface area is 511 Å². The van der Waals surface area contributed by atoms with Gasteiger partial charge in [0.05, 0.1) is 0 Å². The fourth-order valence-corrected chi connectivity index (χ4v) is 10.1. The molecule has 8 rings (SSSR count). The molecule has 8 heterocycles. The summed E-state index contributed by atoms with van der Waals surface area (Å²) in [7, 11) is 24.2. The van der Waals surface area contributed by atoms with Crippen molar-refractivity contribution in [3.63, 3.8) is 0 Å². The number of nitrogens with zero attached hydrogens (tertiary/aromatic N) is 11. The summed E-state index contributed by atoms with van der Waals surface area (Å²) in [6, 6.07) is 0. The van der Waals surface area contributed by atoms with Crippen LogP contribution in [0.1, 0.15) is 180 Å². The van der Waals surface area contributed by atoms with Gasteiger partial charge in [-0.2, -0.15) is 0 Å². The summed E-state index contributed by atoms with van der Waals surface area (Å²) >= 11 is 0. The van der Waals surface area contributed by atoms with E-state index in [1.54, 1.807) is 27.9 Å². The molecule has 0 N–H and O–H groups in total. The van der Waals surface area contributed by atoms with Gasteiger partial charge in [-0.15, -0.1) is 0 Å². The third kappa shape index (κ3) is 54.6. The van der Waals surface area contributed by atoms with Gasteiger partial charge in [-0.05, 0) is 306 Å². The zero-order chi connectivity index (χ0) is 57.1. The Hall–Kier alpha value is -1.74. The van der Waals surface area contributed by atoms with E-state index >= 15 is 0 Å². The largest absolute Gasteiger partial charge is 0.306 e. The fourth-order valence-electron chi connectivity index (χ4n) is 10.1. The van der Waals surface area contributed by atoms with Crippen molar-refractivity contribution in [2.45, 2.75) is 180 Å². The van der Waals surface area contributed by atoms with Crippen molar-refractivity contribution in [1.29, 1.82) is 0 Å². The average Bonchev–Trinajstić information content (AvgIpc) is 3.79. The minimum absolute atomic E-state index is 0. The molecule has 484 valence electrons. The lowest BCUT2D eigenvalue weighted by Gasteiger charge is -2.25. The van der Waals surface area contributed by atoms with Crippen LogP contribution >= 0.6 is 0 Å². The van der Waals surface area contributed by atoms with E-state index in [9.17, 15) is 0 Å². The number of rotatable bonds is 0. The first kappa shape index (κ1) is 85.7. The van der Waals surface area contributed by atoms with Crippen LogP contribution in [-0.4, -0.2) is 275 Å². The molecule has 0 saturated carbocycles. The molecular formula is C70H149N11. The van der Waals surface area contributed by atoms with Crippen LogP contribution < -0.4 is 0 Å². The molecular weight excluding hydrogens is 995 g/mol. The fraction of sp³-hybridized carbons (Fsp3) is 0.857. The first-order valence-corrected chi connectivity index (χ1v) is 31.6. The maximum Gasteiger partial charge on any atom is 0.0162 e. The van der Waals surface area contributed by atoms with Gasteiger partial charge in [0.1, 0.15) is 0 Å². The Balaban J connectivity index is -0.000000416. The highest BCUT2D eigenvalue weighted by molar-refractivity contribution is 5.03. The molecule has 0 atom stereocenters. The van der Waals surface area contributed by atoms with Crippen LogP contribution in [0.2, 0.25) is 0 Å². The Morgan fingerprint density at radius 2 is 0.432 bits per heavy atom. The van der Waals surface area contributed by atoms with E-state index in [2.05, 4.69) is 196 Å². The van der Waals surface area contributed by atoms with Crippen molar-refractivity contribution in [2.75, 3.05) is 222 Å². The SMILES string of the molecule is C.C.C.C.C/C1=C/CCCN(C)CC1.C/C1=C/CCN(C)CCC1.C/C1=C/CN(C)CCCC1.CC1=CCCN(C)CC1.CC1=CCN(C)CCC1.CN1CCCCN(C)CC1.CN1CCCN(C)CC1.CN1CCCN(C)CCC1. The Morgan fingerprint density at radius 1 is 0.198 bits per heavy atom. The molecule has 3 fully saturated rings. The van der Waals surface area contributed by atoms with Crippen LogP contribution in [0.5, 0.6) is 0 Å². The van der Waals surface area contributed by atoms with E-state index in [1.807, 2.05) is 0 Å². The van der Waals surface area contributed by atoms with Crippen LogP contribution in [0.3, 0.4) is 0 Å². The lowest BCUT2D eigenvalue weighted by atomic mass is 10.1. The second-order valence-corrected chi connectivity index (χ2v) is 25.2. The zero-order valence-electron chi connectivity index (χ0n) is 54.6. The minimum Gasteiger partial charge on any atom is -0.306 e. The van der Waals surface area contributed by atoms with E-state index in [0.29, 0.717) is 0 Å². The van der Waals surface area contributed by atoms with Crippen molar-refractivity contribution in [1.82, 2.24) is 53.9 Å². The molecule has 0 aliphatic carbocycles. The van der Waals surface area contributed by atoms with Gasteiger partial charge in [-0.1, -0.05) is 88.0 Å². The smallest absolute Gasteiger partial charge is 0.0162 e. The van der Waals surface area contributed by atoms with Crippen LogP contribution in [0, 0.1) is 0 Å². The van der Waals surface area contributed by atoms with E-state index in [1.165, 1.54) is 246 Å². The first-order chi connectivity index (χ1) is 36.8. The number of allylic oxidation sites excluding steroid dienone is 4. The molecule has 11 heteroatoms. The molecule has 0 unspecified atom stereocenters. The lowest BCUT2D eigenvalue weighted by molar-refractivity contribution is 0.222. The predicted molar refractivity (Wildman–Crippen MR) is 371 cm³/mol. The highest BCUT2D eigenvalue weighted by atomic mass is 15.2. The van der Waals surface area contributed by atoms with Crippen molar-refractivity contribution in [3.05, 3.63) is 58.2 Å². The van der Waals surface area contributed by atoms with Gasteiger partial charge in [0.15, 0.2) is 0 Å². The summed E-state index contributed by atoms with van der Waals surface area (Å²) in [4.78, 5) is 26.4. The lowest BCUT2D eigenvalue weighted by Crippen LogP contribution is -2.34. The molecule has 0 aromatic heterocycles. The third-order valence-electron chi connectivity index (χ3n) is 16.4. The third-order valence-corrected chi connectivity index (χ3v) is 16.4. The second kappa shape index (κ2) is 56.1. The van der Waals surface area contributed by atoms with Crippen molar-refractivity contribution < 1.29 is 0 Å². The molecule has 11 nitrogen and oxygen atoms in total. The molecule has 3 saturated heterocycles. The molecule has 0 amide bonds. The molecule has 0 aromatic carbocycles. The number of likely N-dealkylation sites (N-methyl/N-ethyl adjacent to an activating group) is 6. The monoisotopic (exact) mass is 1140 g/mol. The second-order valence-electron chi connectivity index (χ2n) is 25.2. The molecule has 0 spiro atoms. The van der Waals surface area contributed by atoms with Gasteiger partial charge in [0.25, 0.3) is 0 Å². The summed E-state index contributed by atoms with van der Waals surface area (Å²) in [5.41, 5.74) is 7.81. The van der Waals surface area contributed by atoms with Gasteiger partial charge in [-0.25, -0.2) is 0 Å². The van der Waals surface area contributed by atoms with Crippen LogP contribution in [0.25, 0.3) is 0 Å². The van der Waals surface area contributed by atoms with Crippen LogP contribution in [0.4, 0.5) is 0 Å². The molecule has 0 bridgehead atoms. The Kier molecular flexibility index (Phi) is 59.3. The maximum absolute atomic E-state index is 2.42. The van der Waals surface area contributed by atoms with Gasteiger partial charge >= 0.3 is 0 Å². The van der Waals surface area contributed by atoms with Gasteiger partial charge in [-0.3, -0.25) is 0 Å². The van der Waals surface area contributed by atoms with Crippen molar-refractivity contribution in [2.24, 2.45) is 0 Å². The molecule has 8 aliphatic rings. The summed E-state index contributed by atoms with van der Waals surface area (Å²) in [5, 5.41) is 0. The van der Waals surface area contributed by atoms with Crippen LogP contribution in [0.15, 0.2) is 58.2 Å². The van der Waals surface area contributed by atoms with Crippen LogP contribution in [-0.2, 0) is 0 Å². The zero-order valence-corrected chi connectivity index (χ0v) is 54.6.